The number of fused-ring (bicyclic) bond motifs is 7. The van der Waals surface area contributed by atoms with Gasteiger partial charge in [-0.05, 0) is 147 Å². The van der Waals surface area contributed by atoms with Gasteiger partial charge < -0.3 is 20.5 Å². The molecule has 1 aromatic rings. The largest absolute Gasteiger partial charge is 0.481 e. The average Bonchev–Trinajstić information content (AvgIpc) is 3.28. The molecule has 7 rings (SSSR count). The summed E-state index contributed by atoms with van der Waals surface area (Å²) < 4.78 is 6.22. The fourth-order valence-corrected chi connectivity index (χ4v) is 14.4. The van der Waals surface area contributed by atoms with Gasteiger partial charge in [-0.3, -0.25) is 19.4 Å². The number of carbonyl (C=O) groups is 3. The highest BCUT2D eigenvalue weighted by atomic mass is 35.5. The zero-order valence-corrected chi connectivity index (χ0v) is 37.6. The summed E-state index contributed by atoms with van der Waals surface area (Å²) in [5.74, 6) is 1.04. The van der Waals surface area contributed by atoms with Crippen LogP contribution < -0.4 is 5.73 Å². The molecule has 1 aliphatic heterocycles. The Morgan fingerprint density at radius 2 is 1.76 bits per heavy atom. The van der Waals surface area contributed by atoms with Gasteiger partial charge in [0, 0.05) is 35.5 Å². The van der Waals surface area contributed by atoms with Crippen molar-refractivity contribution in [1.82, 2.24) is 4.90 Å². The third kappa shape index (κ3) is 6.40. The lowest BCUT2D eigenvalue weighted by atomic mass is 9.33. The lowest BCUT2D eigenvalue weighted by Gasteiger charge is -2.72. The Hall–Kier alpha value is -3.19. The summed E-state index contributed by atoms with van der Waals surface area (Å²) in [5.41, 5.74) is 13.6. The standard InChI is InChI=1S/C49H68ClN3O5/c1-29(2)40-35(54)27-49(42-52-24-11-12-34(53(42)25-23-51)32-14-13-31(50)26-30(32)3)22-21-47(9)33(41(40)49)15-16-37-46(8)19-18-38(58-39(55)28-44(4,5)43(56)57)45(6,7)36(46)17-20-48(37,47)10/h11,13-14,26,29,33,36-38H,15-25,27-28,51H2,1-10H3,(H,56,57). The van der Waals surface area contributed by atoms with Gasteiger partial charge in [-0.1, -0.05) is 71.9 Å². The molecule has 1 heterocycles. The Bertz CT molecular complexity index is 2020. The zero-order chi connectivity index (χ0) is 42.4. The predicted octanol–water partition coefficient (Wildman–Crippen LogP) is 10.2. The van der Waals surface area contributed by atoms with Gasteiger partial charge in [-0.25, -0.2) is 0 Å². The topological polar surface area (TPSA) is 122 Å². The molecule has 9 heteroatoms. The van der Waals surface area contributed by atoms with Crippen LogP contribution in [0.5, 0.6) is 0 Å². The molecule has 0 aromatic heterocycles. The number of aliphatic carboxylic acids is 1. The van der Waals surface area contributed by atoms with Gasteiger partial charge in [0.1, 0.15) is 11.9 Å². The summed E-state index contributed by atoms with van der Waals surface area (Å²) in [7, 11) is 0. The molecule has 4 saturated carbocycles. The summed E-state index contributed by atoms with van der Waals surface area (Å²) in [5, 5.41) is 10.4. The van der Waals surface area contributed by atoms with E-state index in [9.17, 15) is 19.5 Å². The second kappa shape index (κ2) is 14.8. The molecule has 8 nitrogen and oxygen atoms in total. The first-order chi connectivity index (χ1) is 27.1. The summed E-state index contributed by atoms with van der Waals surface area (Å²) in [6.45, 7) is 23.4. The maximum absolute atomic E-state index is 14.6. The van der Waals surface area contributed by atoms with Gasteiger partial charge in [0.25, 0.3) is 0 Å². The number of carboxylic acids is 1. The third-order valence-electron chi connectivity index (χ3n) is 17.1. The number of carbonyl (C=O) groups excluding carboxylic acids is 2. The van der Waals surface area contributed by atoms with E-state index in [0.29, 0.717) is 42.9 Å². The number of ketones is 1. The third-order valence-corrected chi connectivity index (χ3v) is 17.4. The lowest BCUT2D eigenvalue weighted by molar-refractivity contribution is -0.232. The molecule has 0 radical (unpaired) electrons. The molecule has 0 saturated heterocycles. The van der Waals surface area contributed by atoms with Crippen LogP contribution >= 0.6 is 11.6 Å². The molecule has 3 N–H and O–H groups in total. The van der Waals surface area contributed by atoms with E-state index in [0.717, 1.165) is 79.6 Å². The quantitative estimate of drug-likeness (QED) is 0.188. The van der Waals surface area contributed by atoms with Crippen molar-refractivity contribution in [2.75, 3.05) is 19.6 Å². The number of allylic oxidation sites excluding steroid dienone is 1. The first-order valence-electron chi connectivity index (χ1n) is 22.0. The minimum Gasteiger partial charge on any atom is -0.481 e. The fraction of sp³-hybridized carbons (Fsp3) is 0.694. The number of hydrogen-bond acceptors (Lipinski definition) is 7. The maximum Gasteiger partial charge on any atom is 0.309 e. The molecule has 0 amide bonds. The molecule has 0 spiro atoms. The Morgan fingerprint density at radius 3 is 2.41 bits per heavy atom. The number of rotatable bonds is 9. The molecule has 58 heavy (non-hydrogen) atoms. The molecule has 4 fully saturated rings. The molecular weight excluding hydrogens is 746 g/mol. The summed E-state index contributed by atoms with van der Waals surface area (Å²) in [6, 6.07) is 6.01. The number of aliphatic imine (C=N–C) groups is 1. The van der Waals surface area contributed by atoms with E-state index in [-0.39, 0.29) is 51.8 Å². The number of esters is 1. The number of carboxylic acid groups (broad SMARTS) is 1. The summed E-state index contributed by atoms with van der Waals surface area (Å²) in [6.07, 6.45) is 9.96. The highest BCUT2D eigenvalue weighted by Gasteiger charge is 2.71. The number of aryl methyl sites for hydroxylation is 1. The van der Waals surface area contributed by atoms with Crippen molar-refractivity contribution in [2.24, 2.45) is 66.9 Å². The van der Waals surface area contributed by atoms with Crippen LogP contribution in [0, 0.1) is 63.1 Å². The summed E-state index contributed by atoms with van der Waals surface area (Å²) >= 11 is 6.45. The molecule has 6 aliphatic rings. The van der Waals surface area contributed by atoms with Gasteiger partial charge in [0.15, 0.2) is 5.78 Å². The predicted molar refractivity (Wildman–Crippen MR) is 231 cm³/mol. The van der Waals surface area contributed by atoms with Gasteiger partial charge in [-0.2, -0.15) is 0 Å². The van der Waals surface area contributed by atoms with Crippen LogP contribution in [0.4, 0.5) is 0 Å². The fourth-order valence-electron chi connectivity index (χ4n) is 14.1. The molecule has 8 atom stereocenters. The molecule has 1 aromatic carbocycles. The van der Waals surface area contributed by atoms with E-state index in [1.807, 2.05) is 18.2 Å². The monoisotopic (exact) mass is 813 g/mol. The number of nitrogens with two attached hydrogens (primary N) is 1. The van der Waals surface area contributed by atoms with Crippen molar-refractivity contribution < 1.29 is 24.2 Å². The molecule has 0 bridgehead atoms. The minimum absolute atomic E-state index is 0.0307. The van der Waals surface area contributed by atoms with Crippen LogP contribution in [0.15, 0.2) is 46.1 Å². The first kappa shape index (κ1) is 42.9. The van der Waals surface area contributed by atoms with Crippen molar-refractivity contribution in [2.45, 2.75) is 140 Å². The van der Waals surface area contributed by atoms with Gasteiger partial charge in [-0.15, -0.1) is 0 Å². The zero-order valence-electron chi connectivity index (χ0n) is 36.8. The number of hydrogen-bond donors (Lipinski definition) is 2. The van der Waals surface area contributed by atoms with Crippen molar-refractivity contribution in [3.8, 4) is 0 Å². The molecule has 5 aliphatic carbocycles. The molecular formula is C49H68ClN3O5. The van der Waals surface area contributed by atoms with Crippen molar-refractivity contribution in [3.05, 3.63) is 57.3 Å². The van der Waals surface area contributed by atoms with E-state index in [2.05, 4.69) is 72.1 Å². The Morgan fingerprint density at radius 1 is 1.03 bits per heavy atom. The number of benzene rings is 1. The van der Waals surface area contributed by atoms with Crippen LogP contribution in [-0.4, -0.2) is 59.3 Å². The van der Waals surface area contributed by atoms with Gasteiger partial charge >= 0.3 is 11.9 Å². The van der Waals surface area contributed by atoms with E-state index in [1.165, 1.54) is 5.57 Å². The minimum atomic E-state index is -1.17. The molecule has 8 unspecified atom stereocenters. The van der Waals surface area contributed by atoms with Crippen molar-refractivity contribution >= 4 is 40.9 Å². The number of nitrogens with zero attached hydrogens (tertiary/aromatic N) is 2. The Balaban J connectivity index is 1.25. The molecule has 316 valence electrons. The summed E-state index contributed by atoms with van der Waals surface area (Å²) in [4.78, 5) is 47.4. The highest BCUT2D eigenvalue weighted by molar-refractivity contribution is 6.30. The number of halogens is 1. The van der Waals surface area contributed by atoms with Crippen LogP contribution in [0.1, 0.15) is 138 Å². The number of Topliss-reactive ketones (excluding diaryl/α,β-unsaturated/α-hetero) is 1. The van der Waals surface area contributed by atoms with Crippen LogP contribution in [0.2, 0.25) is 5.02 Å². The second-order valence-corrected chi connectivity index (χ2v) is 21.7. The average molecular weight is 815 g/mol. The van der Waals surface area contributed by atoms with E-state index < -0.39 is 22.8 Å². The van der Waals surface area contributed by atoms with E-state index >= 15 is 0 Å². The van der Waals surface area contributed by atoms with Crippen molar-refractivity contribution in [3.63, 3.8) is 0 Å². The second-order valence-electron chi connectivity index (χ2n) is 21.2. The van der Waals surface area contributed by atoms with Crippen LogP contribution in [0.3, 0.4) is 0 Å². The lowest BCUT2D eigenvalue weighted by Crippen LogP contribution is -2.66. The normalized spacial score (nSPS) is 35.7. The number of amidine groups is 1. The Kier molecular flexibility index (Phi) is 10.9. The smallest absolute Gasteiger partial charge is 0.309 e. The number of ether oxygens (including phenoxy) is 1. The van der Waals surface area contributed by atoms with Gasteiger partial charge in [0.05, 0.1) is 29.5 Å². The Labute approximate surface area is 352 Å². The van der Waals surface area contributed by atoms with Crippen LogP contribution in [-0.2, 0) is 19.1 Å². The van der Waals surface area contributed by atoms with Crippen LogP contribution in [0.25, 0.3) is 5.70 Å². The van der Waals surface area contributed by atoms with E-state index in [1.54, 1.807) is 13.8 Å². The maximum atomic E-state index is 14.6. The van der Waals surface area contributed by atoms with Gasteiger partial charge in [0.2, 0.25) is 0 Å². The van der Waals surface area contributed by atoms with Crippen molar-refractivity contribution in [1.29, 1.82) is 0 Å². The van der Waals surface area contributed by atoms with E-state index in [4.69, 9.17) is 27.1 Å². The SMILES string of the molecule is Cc1cc(Cl)ccc1C1=C=CCN=C(C23CCC4(C)C(CCC5C6(C)CCC(OC(=O)CC(C)(C)C(=O)O)C(C)(C)C6CCC54C)C2=C(C(C)C)C(=O)C3)N1CCN. The highest BCUT2D eigenvalue weighted by Crippen LogP contribution is 2.77. The first-order valence-corrected chi connectivity index (χ1v) is 22.4.